The Morgan fingerprint density at radius 2 is 1.84 bits per heavy atom. The van der Waals surface area contributed by atoms with Gasteiger partial charge in [0.25, 0.3) is 0 Å². The van der Waals surface area contributed by atoms with Crippen molar-refractivity contribution in [1.82, 2.24) is 10.3 Å². The van der Waals surface area contributed by atoms with Crippen LogP contribution in [0.1, 0.15) is 42.2 Å². The first kappa shape index (κ1) is 22.0. The smallest absolute Gasteiger partial charge is 0.248 e. The second-order valence-electron chi connectivity index (χ2n) is 7.89. The van der Waals surface area contributed by atoms with Gasteiger partial charge in [-0.25, -0.2) is 0 Å². The van der Waals surface area contributed by atoms with Gasteiger partial charge < -0.3 is 10.1 Å². The Balaban J connectivity index is 1.73. The molecule has 6 nitrogen and oxygen atoms in total. The Bertz CT molecular complexity index is 1020. The van der Waals surface area contributed by atoms with Crippen molar-refractivity contribution >= 4 is 28.8 Å². The van der Waals surface area contributed by atoms with E-state index in [-0.39, 0.29) is 24.3 Å². The third-order valence-corrected chi connectivity index (χ3v) is 6.63. The van der Waals surface area contributed by atoms with Gasteiger partial charge in [-0.1, -0.05) is 18.9 Å². The third kappa shape index (κ3) is 5.16. The van der Waals surface area contributed by atoms with E-state index in [2.05, 4.69) is 10.3 Å². The monoisotopic (exact) mass is 449 g/mol. The summed E-state index contributed by atoms with van der Waals surface area (Å²) in [6, 6.07) is 14.1. The minimum atomic E-state index is -0.792. The number of aromatic nitrogens is 1. The van der Waals surface area contributed by atoms with Crippen LogP contribution >= 0.6 is 11.3 Å². The Labute approximate surface area is 192 Å². The van der Waals surface area contributed by atoms with Gasteiger partial charge in [0.1, 0.15) is 11.8 Å². The van der Waals surface area contributed by atoms with Crippen LogP contribution in [0.3, 0.4) is 0 Å². The molecule has 1 aliphatic carbocycles. The molecular formula is C25H27N3O3S. The van der Waals surface area contributed by atoms with Crippen molar-refractivity contribution in [2.45, 2.75) is 44.2 Å². The number of methoxy groups -OCH3 is 1. The molecule has 1 atom stereocenters. The van der Waals surface area contributed by atoms with Gasteiger partial charge in [-0.2, -0.15) is 0 Å². The Hall–Kier alpha value is -3.19. The molecule has 1 aromatic carbocycles. The number of carbonyl (C=O) groups excluding carboxylic acids is 2. The molecule has 166 valence electrons. The number of nitrogens with zero attached hydrogens (tertiary/aromatic N) is 2. The summed E-state index contributed by atoms with van der Waals surface area (Å²) in [5.74, 6) is 0.384. The fourth-order valence-electron chi connectivity index (χ4n) is 4.14. The molecule has 7 heteroatoms. The van der Waals surface area contributed by atoms with Crippen molar-refractivity contribution in [1.29, 1.82) is 0 Å². The predicted octanol–water partition coefficient (Wildman–Crippen LogP) is 4.53. The second kappa shape index (κ2) is 10.4. The van der Waals surface area contributed by atoms with Crippen molar-refractivity contribution in [2.24, 2.45) is 0 Å². The maximum absolute atomic E-state index is 13.6. The highest BCUT2D eigenvalue weighted by atomic mass is 32.1. The van der Waals surface area contributed by atoms with Crippen LogP contribution in [0.5, 0.6) is 5.75 Å². The Kier molecular flexibility index (Phi) is 7.17. The Morgan fingerprint density at radius 3 is 2.47 bits per heavy atom. The molecule has 4 rings (SSSR count). The number of ether oxygens (including phenoxy) is 1. The summed E-state index contributed by atoms with van der Waals surface area (Å²) < 4.78 is 5.29. The average molecular weight is 450 g/mol. The molecule has 1 saturated carbocycles. The van der Waals surface area contributed by atoms with Crippen molar-refractivity contribution in [2.75, 3.05) is 12.0 Å². The van der Waals surface area contributed by atoms with E-state index in [1.165, 1.54) is 11.3 Å². The highest BCUT2D eigenvalue weighted by Gasteiger charge is 2.34. The molecular weight excluding hydrogens is 422 g/mol. The van der Waals surface area contributed by atoms with E-state index >= 15 is 0 Å². The highest BCUT2D eigenvalue weighted by Crippen LogP contribution is 2.31. The Morgan fingerprint density at radius 1 is 1.12 bits per heavy atom. The lowest BCUT2D eigenvalue weighted by Crippen LogP contribution is -2.46. The molecule has 0 spiro atoms. The standard InChI is InChI=1S/C25H27N3O3S/c1-31-21-10-8-20(9-11-21)28(23(29)17-22-7-4-16-32-22)24(18-12-14-26-15-13-18)25(30)27-19-5-2-3-6-19/h4,7-16,19,24H,2-3,5-6,17H2,1H3,(H,27,30)/t24-/m0/s1. The number of thiophene rings is 1. The first-order chi connectivity index (χ1) is 15.7. The van der Waals surface area contributed by atoms with Gasteiger partial charge in [0.2, 0.25) is 11.8 Å². The normalized spacial score (nSPS) is 14.7. The maximum atomic E-state index is 13.6. The van der Waals surface area contributed by atoms with Gasteiger partial charge in [0.15, 0.2) is 0 Å². The zero-order valence-electron chi connectivity index (χ0n) is 18.1. The van der Waals surface area contributed by atoms with E-state index in [1.807, 2.05) is 29.6 Å². The number of rotatable bonds is 8. The number of hydrogen-bond acceptors (Lipinski definition) is 5. The molecule has 1 N–H and O–H groups in total. The second-order valence-corrected chi connectivity index (χ2v) is 8.92. The van der Waals surface area contributed by atoms with Crippen molar-refractivity contribution in [3.8, 4) is 5.75 Å². The summed E-state index contributed by atoms with van der Waals surface area (Å²) in [6.07, 6.45) is 7.71. The van der Waals surface area contributed by atoms with E-state index in [4.69, 9.17) is 4.74 Å². The van der Waals surface area contributed by atoms with Crippen LogP contribution in [0.2, 0.25) is 0 Å². The number of benzene rings is 1. The van der Waals surface area contributed by atoms with Crippen LogP contribution in [-0.4, -0.2) is 29.9 Å². The molecule has 1 aliphatic rings. The summed E-state index contributed by atoms with van der Waals surface area (Å²) in [5.41, 5.74) is 1.38. The zero-order valence-corrected chi connectivity index (χ0v) is 18.9. The van der Waals surface area contributed by atoms with E-state index in [0.29, 0.717) is 11.4 Å². The van der Waals surface area contributed by atoms with Crippen LogP contribution in [-0.2, 0) is 16.0 Å². The lowest BCUT2D eigenvalue weighted by molar-refractivity contribution is -0.127. The van der Waals surface area contributed by atoms with Crippen LogP contribution in [0.4, 0.5) is 5.69 Å². The minimum absolute atomic E-state index is 0.138. The summed E-state index contributed by atoms with van der Waals surface area (Å²) in [6.45, 7) is 0. The SMILES string of the molecule is COc1ccc(N(C(=O)Cc2cccs2)[C@H](C(=O)NC2CCCC2)c2ccncc2)cc1. The van der Waals surface area contributed by atoms with Crippen LogP contribution in [0.25, 0.3) is 0 Å². The number of nitrogens with one attached hydrogen (secondary N) is 1. The molecule has 0 unspecified atom stereocenters. The lowest BCUT2D eigenvalue weighted by atomic mass is 10.0. The van der Waals surface area contributed by atoms with Gasteiger partial charge in [0, 0.05) is 29.0 Å². The fourth-order valence-corrected chi connectivity index (χ4v) is 4.84. The van der Waals surface area contributed by atoms with Gasteiger partial charge in [-0.15, -0.1) is 11.3 Å². The molecule has 3 aromatic rings. The van der Waals surface area contributed by atoms with E-state index < -0.39 is 6.04 Å². The molecule has 0 saturated heterocycles. The predicted molar refractivity (Wildman–Crippen MR) is 126 cm³/mol. The van der Waals surface area contributed by atoms with Gasteiger partial charge >= 0.3 is 0 Å². The topological polar surface area (TPSA) is 71.5 Å². The highest BCUT2D eigenvalue weighted by molar-refractivity contribution is 7.10. The quantitative estimate of drug-likeness (QED) is 0.549. The molecule has 32 heavy (non-hydrogen) atoms. The summed E-state index contributed by atoms with van der Waals surface area (Å²) >= 11 is 1.53. The number of amides is 2. The molecule has 2 heterocycles. The van der Waals surface area contributed by atoms with E-state index in [1.54, 1.807) is 48.7 Å². The van der Waals surface area contributed by atoms with Gasteiger partial charge in [-0.05, 0) is 66.2 Å². The van der Waals surface area contributed by atoms with Crippen molar-refractivity contribution < 1.29 is 14.3 Å². The van der Waals surface area contributed by atoms with Crippen LogP contribution in [0, 0.1) is 0 Å². The first-order valence-electron chi connectivity index (χ1n) is 10.8. The number of carbonyl (C=O) groups is 2. The summed E-state index contributed by atoms with van der Waals surface area (Å²) in [5, 5.41) is 5.14. The van der Waals surface area contributed by atoms with E-state index in [9.17, 15) is 9.59 Å². The molecule has 0 radical (unpaired) electrons. The molecule has 2 amide bonds. The minimum Gasteiger partial charge on any atom is -0.497 e. The van der Waals surface area contributed by atoms with Crippen LogP contribution < -0.4 is 15.0 Å². The average Bonchev–Trinajstić information content (AvgIpc) is 3.52. The number of hydrogen-bond donors (Lipinski definition) is 1. The van der Waals surface area contributed by atoms with Gasteiger partial charge in [0.05, 0.1) is 13.5 Å². The van der Waals surface area contributed by atoms with Crippen molar-refractivity contribution in [3.05, 3.63) is 76.7 Å². The first-order valence-corrected chi connectivity index (χ1v) is 11.7. The largest absolute Gasteiger partial charge is 0.497 e. The fraction of sp³-hybridized carbons (Fsp3) is 0.320. The third-order valence-electron chi connectivity index (χ3n) is 5.75. The lowest BCUT2D eigenvalue weighted by Gasteiger charge is -2.32. The maximum Gasteiger partial charge on any atom is 0.248 e. The molecule has 2 aromatic heterocycles. The summed E-state index contributed by atoms with van der Waals surface area (Å²) in [4.78, 5) is 33.9. The number of pyridine rings is 1. The van der Waals surface area contributed by atoms with E-state index in [0.717, 1.165) is 36.1 Å². The molecule has 0 bridgehead atoms. The zero-order chi connectivity index (χ0) is 22.3. The molecule has 0 aliphatic heterocycles. The van der Waals surface area contributed by atoms with Crippen molar-refractivity contribution in [3.63, 3.8) is 0 Å². The molecule has 1 fully saturated rings. The summed E-state index contributed by atoms with van der Waals surface area (Å²) in [7, 11) is 1.60. The van der Waals surface area contributed by atoms with Gasteiger partial charge in [-0.3, -0.25) is 19.5 Å². The number of anilines is 1. The van der Waals surface area contributed by atoms with Crippen LogP contribution in [0.15, 0.2) is 66.3 Å².